The number of aliphatic hydroxyl groups is 1. The van der Waals surface area contributed by atoms with Crippen LogP contribution < -0.4 is 15.1 Å². The van der Waals surface area contributed by atoms with E-state index in [4.69, 9.17) is 9.72 Å². The number of β-amino-alcohol motifs (C(OH)–C–C–N with tert-alkyl or cyclic N) is 1. The highest BCUT2D eigenvalue weighted by Gasteiger charge is 2.51. The molecule has 2 atom stereocenters. The highest BCUT2D eigenvalue weighted by atomic mass is 19.1. The minimum absolute atomic E-state index is 0.0582. The van der Waals surface area contributed by atoms with Crippen molar-refractivity contribution in [1.29, 1.82) is 0 Å². The molecule has 3 aliphatic rings. The molecular weight excluding hydrogens is 475 g/mol. The van der Waals surface area contributed by atoms with Crippen LogP contribution >= 0.6 is 0 Å². The topological polar surface area (TPSA) is 93.5 Å². The number of urea groups is 1. The fourth-order valence-corrected chi connectivity index (χ4v) is 5.73. The van der Waals surface area contributed by atoms with Crippen LogP contribution in [0.2, 0.25) is 0 Å². The van der Waals surface area contributed by atoms with Crippen molar-refractivity contribution in [3.8, 4) is 5.88 Å². The number of aromatic nitrogens is 1. The van der Waals surface area contributed by atoms with Crippen LogP contribution in [0.1, 0.15) is 42.4 Å². The largest absolute Gasteiger partial charge is 0.481 e. The van der Waals surface area contributed by atoms with Gasteiger partial charge in [-0.2, -0.15) is 10.1 Å². The average molecular weight is 511 g/mol. The number of hydrogen-bond acceptors (Lipinski definition) is 7. The van der Waals surface area contributed by atoms with E-state index in [1.165, 1.54) is 6.07 Å². The number of rotatable bonds is 7. The van der Waals surface area contributed by atoms with E-state index in [9.17, 15) is 14.3 Å². The van der Waals surface area contributed by atoms with Crippen molar-refractivity contribution >= 4 is 18.1 Å². The average Bonchev–Trinajstić information content (AvgIpc) is 3.51. The summed E-state index contributed by atoms with van der Waals surface area (Å²) < 4.78 is 20.0. The van der Waals surface area contributed by atoms with Crippen LogP contribution in [0.25, 0.3) is 0 Å². The molecule has 5 rings (SSSR count). The van der Waals surface area contributed by atoms with Gasteiger partial charge in [0.25, 0.3) is 0 Å². The SMILES string of the molecule is COc1nc(N2CC3(CCN(CC(C)O)CC3)N(Cc3cccc(F)c3C)C2=O)ccc1C1C=NNC1. The van der Waals surface area contributed by atoms with E-state index in [1.807, 2.05) is 29.3 Å². The van der Waals surface area contributed by atoms with Gasteiger partial charge in [0.2, 0.25) is 5.88 Å². The number of carbonyl (C=O) groups is 1. The highest BCUT2D eigenvalue weighted by molar-refractivity contribution is 5.94. The summed E-state index contributed by atoms with van der Waals surface area (Å²) in [5, 5.41) is 14.0. The Bertz CT molecular complexity index is 1180. The molecule has 37 heavy (non-hydrogen) atoms. The minimum atomic E-state index is -0.416. The lowest BCUT2D eigenvalue weighted by atomic mass is 9.86. The summed E-state index contributed by atoms with van der Waals surface area (Å²) >= 11 is 0. The van der Waals surface area contributed by atoms with E-state index >= 15 is 0 Å². The number of hydrazone groups is 1. The van der Waals surface area contributed by atoms with Crippen molar-refractivity contribution in [3.63, 3.8) is 0 Å². The number of nitrogens with zero attached hydrogens (tertiary/aromatic N) is 5. The zero-order chi connectivity index (χ0) is 26.2. The van der Waals surface area contributed by atoms with Gasteiger partial charge in [-0.25, -0.2) is 9.18 Å². The number of amides is 2. The number of piperidine rings is 1. The van der Waals surface area contributed by atoms with Crippen molar-refractivity contribution in [2.75, 3.05) is 44.7 Å². The number of pyridine rings is 1. The molecule has 1 aromatic carbocycles. The molecule has 2 saturated heterocycles. The van der Waals surface area contributed by atoms with Crippen LogP contribution in [0.15, 0.2) is 35.4 Å². The Morgan fingerprint density at radius 3 is 2.73 bits per heavy atom. The Balaban J connectivity index is 1.46. The molecule has 1 spiro atoms. The van der Waals surface area contributed by atoms with Gasteiger partial charge in [-0.15, -0.1) is 0 Å². The summed E-state index contributed by atoms with van der Waals surface area (Å²) in [5.74, 6) is 0.806. The number of ether oxygens (including phenoxy) is 1. The Morgan fingerprint density at radius 1 is 1.27 bits per heavy atom. The third-order valence-electron chi connectivity index (χ3n) is 7.91. The van der Waals surface area contributed by atoms with Gasteiger partial charge in [0.1, 0.15) is 11.6 Å². The summed E-state index contributed by atoms with van der Waals surface area (Å²) in [7, 11) is 1.58. The second kappa shape index (κ2) is 10.3. The Kier molecular flexibility index (Phi) is 7.04. The second-order valence-corrected chi connectivity index (χ2v) is 10.4. The monoisotopic (exact) mass is 510 g/mol. The number of benzene rings is 1. The predicted octanol–water partition coefficient (Wildman–Crippen LogP) is 2.87. The first kappa shape index (κ1) is 25.4. The van der Waals surface area contributed by atoms with Crippen molar-refractivity contribution in [2.24, 2.45) is 5.10 Å². The maximum Gasteiger partial charge on any atom is 0.326 e. The molecule has 0 aliphatic carbocycles. The van der Waals surface area contributed by atoms with Crippen molar-refractivity contribution in [2.45, 2.75) is 50.8 Å². The molecule has 0 saturated carbocycles. The Hall–Kier alpha value is -3.24. The summed E-state index contributed by atoms with van der Waals surface area (Å²) in [6.45, 7) is 7.19. The lowest BCUT2D eigenvalue weighted by Gasteiger charge is -2.44. The third kappa shape index (κ3) is 4.87. The molecule has 9 nitrogen and oxygen atoms in total. The molecule has 2 amide bonds. The van der Waals surface area contributed by atoms with Crippen LogP contribution in [0.4, 0.5) is 15.0 Å². The van der Waals surface area contributed by atoms with Gasteiger partial charge in [0, 0.05) is 50.4 Å². The molecule has 198 valence electrons. The van der Waals surface area contributed by atoms with E-state index in [1.54, 1.807) is 31.9 Å². The quantitative estimate of drug-likeness (QED) is 0.595. The minimum Gasteiger partial charge on any atom is -0.481 e. The zero-order valence-electron chi connectivity index (χ0n) is 21.7. The first-order chi connectivity index (χ1) is 17.8. The van der Waals surface area contributed by atoms with E-state index in [-0.39, 0.29) is 17.8 Å². The van der Waals surface area contributed by atoms with Gasteiger partial charge >= 0.3 is 6.03 Å². The normalized spacial score (nSPS) is 22.1. The molecule has 2 N–H and O–H groups in total. The van der Waals surface area contributed by atoms with Gasteiger partial charge in [0.15, 0.2) is 0 Å². The van der Waals surface area contributed by atoms with E-state index < -0.39 is 11.6 Å². The van der Waals surface area contributed by atoms with Crippen LogP contribution in [0.5, 0.6) is 5.88 Å². The number of halogens is 1. The number of hydrogen-bond donors (Lipinski definition) is 2. The van der Waals surface area contributed by atoms with Crippen LogP contribution in [-0.4, -0.2) is 83.6 Å². The smallest absolute Gasteiger partial charge is 0.326 e. The highest BCUT2D eigenvalue weighted by Crippen LogP contribution is 2.40. The van der Waals surface area contributed by atoms with Gasteiger partial charge in [-0.05, 0) is 56.0 Å². The first-order valence-corrected chi connectivity index (χ1v) is 12.9. The molecule has 4 heterocycles. The lowest BCUT2D eigenvalue weighted by Crippen LogP contribution is -2.54. The molecule has 2 fully saturated rings. The van der Waals surface area contributed by atoms with Crippen molar-refractivity contribution < 1.29 is 19.0 Å². The van der Waals surface area contributed by atoms with Gasteiger partial charge in [0.05, 0.1) is 25.3 Å². The summed E-state index contributed by atoms with van der Waals surface area (Å²) in [6, 6.07) is 8.71. The summed E-state index contributed by atoms with van der Waals surface area (Å²) in [4.78, 5) is 24.6. The number of nitrogens with one attached hydrogen (secondary N) is 1. The van der Waals surface area contributed by atoms with Gasteiger partial charge in [-0.3, -0.25) is 4.90 Å². The fourth-order valence-electron chi connectivity index (χ4n) is 5.73. The molecule has 10 heteroatoms. The molecule has 0 radical (unpaired) electrons. The number of anilines is 1. The summed E-state index contributed by atoms with van der Waals surface area (Å²) in [6.07, 6.45) is 2.95. The number of carbonyl (C=O) groups excluding carboxylic acids is 1. The number of likely N-dealkylation sites (tertiary alicyclic amines) is 1. The predicted molar refractivity (Wildman–Crippen MR) is 140 cm³/mol. The van der Waals surface area contributed by atoms with Crippen molar-refractivity contribution in [3.05, 3.63) is 52.8 Å². The van der Waals surface area contributed by atoms with Crippen LogP contribution in [0, 0.1) is 12.7 Å². The standard InChI is InChI=1S/C27H35FN6O3/c1-18(35)15-32-11-9-27(10-12-32)17-33(26(36)34(27)16-20-5-4-6-23(28)19(20)2)24-8-7-22(25(31-24)37-3)21-13-29-30-14-21/h4-8,13,18,21,30,35H,9-12,14-17H2,1-3H3. The molecule has 2 unspecified atom stereocenters. The van der Waals surface area contributed by atoms with Crippen molar-refractivity contribution in [1.82, 2.24) is 20.2 Å². The molecule has 2 aromatic rings. The summed E-state index contributed by atoms with van der Waals surface area (Å²) in [5.41, 5.74) is 4.82. The maximum absolute atomic E-state index is 14.4. The van der Waals surface area contributed by atoms with E-state index in [0.717, 1.165) is 37.1 Å². The van der Waals surface area contributed by atoms with E-state index in [0.29, 0.717) is 43.4 Å². The first-order valence-electron chi connectivity index (χ1n) is 12.9. The second-order valence-electron chi connectivity index (χ2n) is 10.4. The third-order valence-corrected chi connectivity index (χ3v) is 7.91. The maximum atomic E-state index is 14.4. The Labute approximate surface area is 216 Å². The van der Waals surface area contributed by atoms with Crippen LogP contribution in [-0.2, 0) is 6.54 Å². The number of methoxy groups -OCH3 is 1. The van der Waals surface area contributed by atoms with Gasteiger partial charge < -0.3 is 25.1 Å². The number of aliphatic hydroxyl groups excluding tert-OH is 1. The van der Waals surface area contributed by atoms with Gasteiger partial charge in [-0.1, -0.05) is 12.1 Å². The Morgan fingerprint density at radius 2 is 2.05 bits per heavy atom. The van der Waals surface area contributed by atoms with Crippen LogP contribution in [0.3, 0.4) is 0 Å². The van der Waals surface area contributed by atoms with E-state index in [2.05, 4.69) is 15.4 Å². The molecule has 0 bridgehead atoms. The zero-order valence-corrected chi connectivity index (χ0v) is 21.7. The lowest BCUT2D eigenvalue weighted by molar-refractivity contribution is 0.0487. The molecule has 1 aromatic heterocycles. The molecule has 3 aliphatic heterocycles. The fraction of sp³-hybridized carbons (Fsp3) is 0.519. The molecular formula is C27H35FN6O3.